The maximum absolute atomic E-state index is 11.8. The van der Waals surface area contributed by atoms with Gasteiger partial charge in [0, 0.05) is 29.9 Å². The molecule has 9 nitrogen and oxygen atoms in total. The van der Waals surface area contributed by atoms with E-state index in [-0.39, 0.29) is 24.5 Å². The zero-order valence-corrected chi connectivity index (χ0v) is 18.4. The highest BCUT2D eigenvalue weighted by Crippen LogP contribution is 2.20. The Morgan fingerprint density at radius 3 is 2.04 bits per heavy atom. The van der Waals surface area contributed by atoms with Gasteiger partial charge < -0.3 is 18.3 Å². The Kier molecular flexibility index (Phi) is 8.66. The zero-order valence-electron chi connectivity index (χ0n) is 16.8. The van der Waals surface area contributed by atoms with Crippen molar-refractivity contribution in [2.75, 3.05) is 64.6 Å². The van der Waals surface area contributed by atoms with Gasteiger partial charge in [-0.05, 0) is 6.92 Å². The summed E-state index contributed by atoms with van der Waals surface area (Å²) < 4.78 is 61.6. The molecule has 1 rings (SSSR count). The second-order valence-corrected chi connectivity index (χ2v) is 11.5. The summed E-state index contributed by atoms with van der Waals surface area (Å²) in [5.41, 5.74) is 0.285. The largest absolute Gasteiger partial charge is 0.778 e. The minimum Gasteiger partial charge on any atom is -0.778 e. The quantitative estimate of drug-likeness (QED) is 0.140. The second-order valence-electron chi connectivity index (χ2n) is 8.06. The topological polar surface area (TPSA) is 124 Å². The third-order valence-corrected chi connectivity index (χ3v) is 6.93. The van der Waals surface area contributed by atoms with Crippen molar-refractivity contribution >= 4 is 31.8 Å². The number of hydrogen-bond acceptors (Lipinski definition) is 7. The lowest BCUT2D eigenvalue weighted by Crippen LogP contribution is -2.66. The van der Waals surface area contributed by atoms with Crippen LogP contribution in [0.25, 0.3) is 0 Å². The van der Waals surface area contributed by atoms with E-state index in [9.17, 15) is 26.5 Å². The number of piperazine rings is 1. The molecule has 0 radical (unpaired) electrons. The van der Waals surface area contributed by atoms with Gasteiger partial charge in [0.1, 0.15) is 26.2 Å². The highest BCUT2D eigenvalue weighted by Gasteiger charge is 2.40. The van der Waals surface area contributed by atoms with Crippen LogP contribution in [0.5, 0.6) is 0 Å². The zero-order chi connectivity index (χ0) is 21.6. The molecule has 1 unspecified atom stereocenters. The third-order valence-electron chi connectivity index (χ3n) is 5.23. The van der Waals surface area contributed by atoms with Crippen molar-refractivity contribution in [3.63, 3.8) is 0 Å². The summed E-state index contributed by atoms with van der Waals surface area (Å²) in [6.45, 7) is 9.03. The van der Waals surface area contributed by atoms with Crippen molar-refractivity contribution in [3.8, 4) is 0 Å². The molecule has 0 aromatic carbocycles. The summed E-state index contributed by atoms with van der Waals surface area (Å²) in [6.07, 6.45) is 0.710. The van der Waals surface area contributed by atoms with Gasteiger partial charge in [0.25, 0.3) is 0 Å². The van der Waals surface area contributed by atoms with Crippen molar-refractivity contribution in [2.24, 2.45) is 0 Å². The summed E-state index contributed by atoms with van der Waals surface area (Å²) in [5, 5.41) is 0. The SMILES string of the molecule is C=C(C)C(=O)OC[N+]1(CCCS(=O)(=O)[O-])CC[N+](C)(CCCS(=C)(=O)[O-])CC1. The van der Waals surface area contributed by atoms with E-state index < -0.39 is 31.6 Å². The molecule has 11 heteroatoms. The number of nitrogens with zero attached hydrogens (tertiary/aromatic N) is 2. The first-order valence-corrected chi connectivity index (χ1v) is 12.6. The minimum absolute atomic E-state index is 0.0401. The third kappa shape index (κ3) is 9.48. The average Bonchev–Trinajstić information content (AvgIpc) is 2.53. The van der Waals surface area contributed by atoms with Crippen molar-refractivity contribution in [1.82, 2.24) is 0 Å². The summed E-state index contributed by atoms with van der Waals surface area (Å²) in [6, 6.07) is 0. The molecule has 0 bridgehead atoms. The van der Waals surface area contributed by atoms with Gasteiger partial charge in [-0.1, -0.05) is 22.3 Å². The smallest absolute Gasteiger partial charge is 0.337 e. The first-order chi connectivity index (χ1) is 12.7. The fourth-order valence-electron chi connectivity index (χ4n) is 3.33. The molecule has 1 aliphatic rings. The molecule has 28 heavy (non-hydrogen) atoms. The number of likely N-dealkylation sites (N-methyl/N-ethyl adjacent to an activating group) is 1. The predicted molar refractivity (Wildman–Crippen MR) is 106 cm³/mol. The van der Waals surface area contributed by atoms with Crippen LogP contribution in [0, 0.1) is 0 Å². The molecule has 1 saturated heterocycles. The van der Waals surface area contributed by atoms with Gasteiger partial charge in [0.15, 0.2) is 0 Å². The molecule has 0 aromatic rings. The number of hydrogen-bond donors (Lipinski definition) is 0. The van der Waals surface area contributed by atoms with Crippen molar-refractivity contribution < 1.29 is 40.2 Å². The highest BCUT2D eigenvalue weighted by molar-refractivity contribution is 7.94. The Morgan fingerprint density at radius 2 is 1.57 bits per heavy atom. The molecule has 0 aliphatic carbocycles. The van der Waals surface area contributed by atoms with Crippen LogP contribution in [-0.2, 0) is 29.5 Å². The second kappa shape index (κ2) is 9.68. The molecular formula is C17H32N2O7S2. The van der Waals surface area contributed by atoms with Gasteiger partial charge in [-0.3, -0.25) is 8.69 Å². The molecule has 0 amide bonds. The molecule has 1 aliphatic heterocycles. The minimum atomic E-state index is -4.29. The molecule has 1 atom stereocenters. The maximum atomic E-state index is 11.8. The van der Waals surface area contributed by atoms with Crippen molar-refractivity contribution in [3.05, 3.63) is 12.2 Å². The molecule has 0 saturated carbocycles. The monoisotopic (exact) mass is 440 g/mol. The van der Waals surface area contributed by atoms with Gasteiger partial charge in [-0.25, -0.2) is 13.2 Å². The van der Waals surface area contributed by atoms with Crippen LogP contribution in [0.2, 0.25) is 0 Å². The van der Waals surface area contributed by atoms with E-state index >= 15 is 0 Å². The van der Waals surface area contributed by atoms with E-state index in [2.05, 4.69) is 12.4 Å². The first-order valence-electron chi connectivity index (χ1n) is 9.16. The molecule has 164 valence electrons. The van der Waals surface area contributed by atoms with Gasteiger partial charge in [-0.15, -0.1) is 0 Å². The van der Waals surface area contributed by atoms with Crippen LogP contribution >= 0.6 is 0 Å². The van der Waals surface area contributed by atoms with Crippen LogP contribution in [0.3, 0.4) is 0 Å². The summed E-state index contributed by atoms with van der Waals surface area (Å²) >= 11 is 0. The van der Waals surface area contributed by atoms with E-state index in [0.29, 0.717) is 41.6 Å². The standard InChI is InChI=1S/C17H32N2O7S2/c1-16(2)17(20)26-15-19(8-6-14-28(23,24)25)11-9-18(3,10-12-19)7-5-13-27(4,21)22/h1,4-15H2,2-3H3. The van der Waals surface area contributed by atoms with E-state index in [0.717, 1.165) is 13.1 Å². The average molecular weight is 441 g/mol. The molecular weight excluding hydrogens is 408 g/mol. The van der Waals surface area contributed by atoms with E-state index in [1.807, 2.05) is 7.05 Å². The number of quaternary nitrogens is 2. The Balaban J connectivity index is 2.73. The number of esters is 1. The van der Waals surface area contributed by atoms with Crippen molar-refractivity contribution in [2.45, 2.75) is 19.8 Å². The van der Waals surface area contributed by atoms with Gasteiger partial charge in [0.05, 0.1) is 30.3 Å². The summed E-state index contributed by atoms with van der Waals surface area (Å²) in [7, 11) is -5.49. The first kappa shape index (κ1) is 25.1. The predicted octanol–water partition coefficient (Wildman–Crippen LogP) is -0.488. The lowest BCUT2D eigenvalue weighted by Gasteiger charge is -2.47. The van der Waals surface area contributed by atoms with Crippen LogP contribution in [0.15, 0.2) is 12.2 Å². The number of carbonyl (C=O) groups is 1. The molecule has 0 aromatic heterocycles. The Morgan fingerprint density at radius 1 is 1.04 bits per heavy atom. The molecule has 0 spiro atoms. The lowest BCUT2D eigenvalue weighted by atomic mass is 10.2. The van der Waals surface area contributed by atoms with E-state index in [4.69, 9.17) is 4.74 Å². The van der Waals surface area contributed by atoms with Gasteiger partial charge >= 0.3 is 5.97 Å². The van der Waals surface area contributed by atoms with E-state index in [1.54, 1.807) is 6.92 Å². The number of rotatable bonds is 11. The van der Waals surface area contributed by atoms with Crippen LogP contribution in [0.4, 0.5) is 0 Å². The Bertz CT molecular complexity index is 767. The Hall–Kier alpha value is -0.980. The normalized spacial score (nSPS) is 27.7. The molecule has 1 heterocycles. The molecule has 1 fully saturated rings. The van der Waals surface area contributed by atoms with Crippen LogP contribution in [-0.4, -0.2) is 107 Å². The maximum Gasteiger partial charge on any atom is 0.337 e. The van der Waals surface area contributed by atoms with Crippen LogP contribution in [0.1, 0.15) is 19.8 Å². The molecule has 0 N–H and O–H groups in total. The number of ether oxygens (including phenoxy) is 1. The summed E-state index contributed by atoms with van der Waals surface area (Å²) in [5.74, 6) is 2.23. The van der Waals surface area contributed by atoms with Gasteiger partial charge in [0.2, 0.25) is 6.73 Å². The van der Waals surface area contributed by atoms with Gasteiger partial charge in [-0.2, -0.15) is 0 Å². The highest BCUT2D eigenvalue weighted by atomic mass is 32.2. The van der Waals surface area contributed by atoms with Crippen molar-refractivity contribution in [1.29, 1.82) is 0 Å². The lowest BCUT2D eigenvalue weighted by molar-refractivity contribution is -1.03. The van der Waals surface area contributed by atoms with E-state index in [1.165, 1.54) is 0 Å². The fourth-order valence-corrected chi connectivity index (χ4v) is 4.38. The fraction of sp³-hybridized carbons (Fsp3) is 0.765. The summed E-state index contributed by atoms with van der Waals surface area (Å²) in [4.78, 5) is 11.8. The van der Waals surface area contributed by atoms with Crippen LogP contribution < -0.4 is 0 Å². The number of carbonyl (C=O) groups excluding carboxylic acids is 1. The Labute approximate surface area is 168 Å².